The Morgan fingerprint density at radius 2 is 1.68 bits per heavy atom. The Balaban J connectivity index is 1.03. The summed E-state index contributed by atoms with van der Waals surface area (Å²) in [6.07, 6.45) is 6.27. The first-order valence-corrected chi connectivity index (χ1v) is 15.4. The van der Waals surface area contributed by atoms with E-state index < -0.39 is 0 Å². The molecule has 0 amide bonds. The third-order valence-electron chi connectivity index (χ3n) is 9.16. The van der Waals surface area contributed by atoms with Crippen molar-refractivity contribution in [3.63, 3.8) is 0 Å². The standard InChI is InChI=1S/C35H43N3O2/c1-3-37-20-8-10-28(37)15-17-35(39)27-9-7-11-30(24-27)40-29-18-21-36(22-19-29)25-26-14-16-34-32(23-26)31-12-5-6-13-33(31)38(34)4-2/h5-7,9,11-14,16,23-24,28-29H,3-4,8,10,15,17-22,25H2,1-2H3. The van der Waals surface area contributed by atoms with Crippen LogP contribution in [0.25, 0.3) is 21.8 Å². The van der Waals surface area contributed by atoms with Gasteiger partial charge in [-0.05, 0) is 88.0 Å². The molecule has 6 rings (SSSR count). The molecule has 5 heteroatoms. The Hall–Kier alpha value is -3.15. The van der Waals surface area contributed by atoms with E-state index in [-0.39, 0.29) is 11.9 Å². The first kappa shape index (κ1) is 27.0. The summed E-state index contributed by atoms with van der Waals surface area (Å²) in [5.74, 6) is 1.07. The van der Waals surface area contributed by atoms with Crippen molar-refractivity contribution in [2.75, 3.05) is 26.2 Å². The van der Waals surface area contributed by atoms with Crippen LogP contribution in [-0.4, -0.2) is 58.5 Å². The van der Waals surface area contributed by atoms with Crippen molar-refractivity contribution in [2.45, 2.75) is 77.6 Å². The number of rotatable bonds is 10. The Bertz CT molecular complexity index is 1470. The van der Waals surface area contributed by atoms with E-state index in [1.807, 2.05) is 24.3 Å². The molecule has 5 nitrogen and oxygen atoms in total. The van der Waals surface area contributed by atoms with Crippen molar-refractivity contribution in [1.82, 2.24) is 14.4 Å². The number of para-hydroxylation sites is 1. The number of benzene rings is 3. The molecule has 1 atom stereocenters. The number of aryl methyl sites for hydroxylation is 1. The summed E-state index contributed by atoms with van der Waals surface area (Å²) < 4.78 is 8.80. The number of piperidine rings is 1. The molecule has 2 aliphatic heterocycles. The normalized spacial score (nSPS) is 19.1. The molecule has 2 saturated heterocycles. The zero-order valence-electron chi connectivity index (χ0n) is 24.1. The highest BCUT2D eigenvalue weighted by Gasteiger charge is 2.24. The van der Waals surface area contributed by atoms with E-state index in [4.69, 9.17) is 4.74 Å². The van der Waals surface area contributed by atoms with Gasteiger partial charge in [0.05, 0.1) is 0 Å². The predicted molar refractivity (Wildman–Crippen MR) is 164 cm³/mol. The maximum absolute atomic E-state index is 12.9. The molecule has 2 aliphatic rings. The first-order valence-electron chi connectivity index (χ1n) is 15.4. The first-order chi connectivity index (χ1) is 19.6. The van der Waals surface area contributed by atoms with Gasteiger partial charge in [0.15, 0.2) is 5.78 Å². The molecule has 210 valence electrons. The zero-order valence-corrected chi connectivity index (χ0v) is 24.1. The number of Topliss-reactive ketones (excluding diaryl/α,β-unsaturated/α-hetero) is 1. The molecule has 3 heterocycles. The van der Waals surface area contributed by atoms with Gasteiger partial charge in [0.2, 0.25) is 0 Å². The number of aromatic nitrogens is 1. The molecule has 4 aromatic rings. The molecule has 0 radical (unpaired) electrons. The topological polar surface area (TPSA) is 37.7 Å². The molecule has 1 unspecified atom stereocenters. The second kappa shape index (κ2) is 12.2. The fraction of sp³-hybridized carbons (Fsp3) is 0.457. The van der Waals surface area contributed by atoms with E-state index in [1.54, 1.807) is 0 Å². The summed E-state index contributed by atoms with van der Waals surface area (Å²) in [6.45, 7) is 10.7. The quantitative estimate of drug-likeness (QED) is 0.199. The third-order valence-corrected chi connectivity index (χ3v) is 9.16. The van der Waals surface area contributed by atoms with Crippen molar-refractivity contribution < 1.29 is 9.53 Å². The van der Waals surface area contributed by atoms with E-state index in [9.17, 15) is 4.79 Å². The summed E-state index contributed by atoms with van der Waals surface area (Å²) in [5.41, 5.74) is 4.80. The van der Waals surface area contributed by atoms with E-state index in [0.717, 1.165) is 63.3 Å². The van der Waals surface area contributed by atoms with Gasteiger partial charge in [0, 0.05) is 66.0 Å². The Morgan fingerprint density at radius 3 is 2.50 bits per heavy atom. The number of carbonyl (C=O) groups is 1. The molecule has 3 aromatic carbocycles. The lowest BCUT2D eigenvalue weighted by Crippen LogP contribution is -2.37. The molecule has 0 bridgehead atoms. The summed E-state index contributed by atoms with van der Waals surface area (Å²) in [4.78, 5) is 18.0. The van der Waals surface area contributed by atoms with Crippen LogP contribution in [0.4, 0.5) is 0 Å². The van der Waals surface area contributed by atoms with E-state index in [2.05, 4.69) is 70.7 Å². The zero-order chi connectivity index (χ0) is 27.5. The number of nitrogens with zero attached hydrogens (tertiary/aromatic N) is 3. The maximum Gasteiger partial charge on any atom is 0.163 e. The average Bonchev–Trinajstić information content (AvgIpc) is 3.58. The van der Waals surface area contributed by atoms with Crippen LogP contribution in [0, 0.1) is 0 Å². The van der Waals surface area contributed by atoms with Crippen LogP contribution < -0.4 is 4.74 Å². The van der Waals surface area contributed by atoms with Gasteiger partial charge in [-0.25, -0.2) is 0 Å². The van der Waals surface area contributed by atoms with Gasteiger partial charge < -0.3 is 14.2 Å². The van der Waals surface area contributed by atoms with Gasteiger partial charge in [-0.1, -0.05) is 43.3 Å². The van der Waals surface area contributed by atoms with Crippen LogP contribution in [0.1, 0.15) is 68.3 Å². The summed E-state index contributed by atoms with van der Waals surface area (Å²) in [6, 6.07) is 24.2. The minimum absolute atomic E-state index is 0.197. The Morgan fingerprint density at radius 1 is 0.850 bits per heavy atom. The van der Waals surface area contributed by atoms with Crippen LogP contribution in [0.3, 0.4) is 0 Å². The van der Waals surface area contributed by atoms with Crippen molar-refractivity contribution in [3.05, 3.63) is 77.9 Å². The molecule has 1 aromatic heterocycles. The molecule has 0 N–H and O–H groups in total. The highest BCUT2D eigenvalue weighted by atomic mass is 16.5. The van der Waals surface area contributed by atoms with Gasteiger partial charge in [-0.3, -0.25) is 9.69 Å². The number of hydrogen-bond donors (Lipinski definition) is 0. The minimum atomic E-state index is 0.197. The van der Waals surface area contributed by atoms with Gasteiger partial charge >= 0.3 is 0 Å². The number of likely N-dealkylation sites (tertiary alicyclic amines) is 2. The van der Waals surface area contributed by atoms with E-state index in [1.165, 1.54) is 46.8 Å². The summed E-state index contributed by atoms with van der Waals surface area (Å²) in [7, 11) is 0. The highest BCUT2D eigenvalue weighted by molar-refractivity contribution is 6.08. The number of ketones is 1. The Labute approximate surface area is 238 Å². The average molecular weight is 538 g/mol. The monoisotopic (exact) mass is 537 g/mol. The molecule has 0 spiro atoms. The highest BCUT2D eigenvalue weighted by Crippen LogP contribution is 2.30. The molecule has 40 heavy (non-hydrogen) atoms. The van der Waals surface area contributed by atoms with E-state index >= 15 is 0 Å². The SMILES string of the molecule is CCN1CCCC1CCC(=O)c1cccc(OC2CCN(Cc3ccc4c(c3)c3ccccc3n4CC)CC2)c1. The predicted octanol–water partition coefficient (Wildman–Crippen LogP) is 7.31. The molecule has 0 saturated carbocycles. The largest absolute Gasteiger partial charge is 0.490 e. The number of ether oxygens (including phenoxy) is 1. The van der Waals surface area contributed by atoms with Gasteiger partial charge in [-0.2, -0.15) is 0 Å². The van der Waals surface area contributed by atoms with Crippen LogP contribution in [-0.2, 0) is 13.1 Å². The molecular formula is C35H43N3O2. The number of carbonyl (C=O) groups excluding carboxylic acids is 1. The minimum Gasteiger partial charge on any atom is -0.490 e. The van der Waals surface area contributed by atoms with Gasteiger partial charge in [0.1, 0.15) is 11.9 Å². The second-order valence-electron chi connectivity index (χ2n) is 11.6. The van der Waals surface area contributed by atoms with Crippen molar-refractivity contribution >= 4 is 27.6 Å². The van der Waals surface area contributed by atoms with Gasteiger partial charge in [-0.15, -0.1) is 0 Å². The van der Waals surface area contributed by atoms with Crippen LogP contribution in [0.2, 0.25) is 0 Å². The van der Waals surface area contributed by atoms with Crippen LogP contribution >= 0.6 is 0 Å². The van der Waals surface area contributed by atoms with Crippen LogP contribution in [0.15, 0.2) is 66.7 Å². The smallest absolute Gasteiger partial charge is 0.163 e. The summed E-state index contributed by atoms with van der Waals surface area (Å²) >= 11 is 0. The second-order valence-corrected chi connectivity index (χ2v) is 11.6. The Kier molecular flexibility index (Phi) is 8.22. The number of hydrogen-bond acceptors (Lipinski definition) is 4. The third kappa shape index (κ3) is 5.68. The fourth-order valence-electron chi connectivity index (χ4n) is 7.00. The molecular weight excluding hydrogens is 494 g/mol. The van der Waals surface area contributed by atoms with Gasteiger partial charge in [0.25, 0.3) is 0 Å². The molecule has 2 fully saturated rings. The van der Waals surface area contributed by atoms with Crippen molar-refractivity contribution in [2.24, 2.45) is 0 Å². The lowest BCUT2D eigenvalue weighted by atomic mass is 10.0. The number of fused-ring (bicyclic) bond motifs is 3. The summed E-state index contributed by atoms with van der Waals surface area (Å²) in [5, 5.41) is 2.70. The maximum atomic E-state index is 12.9. The lowest BCUT2D eigenvalue weighted by molar-refractivity contribution is 0.0945. The van der Waals surface area contributed by atoms with Crippen molar-refractivity contribution in [1.29, 1.82) is 0 Å². The van der Waals surface area contributed by atoms with E-state index in [0.29, 0.717) is 12.5 Å². The fourth-order valence-corrected chi connectivity index (χ4v) is 7.00. The molecule has 0 aliphatic carbocycles. The lowest BCUT2D eigenvalue weighted by Gasteiger charge is -2.32. The van der Waals surface area contributed by atoms with Crippen molar-refractivity contribution in [3.8, 4) is 5.75 Å². The van der Waals surface area contributed by atoms with Crippen LogP contribution in [0.5, 0.6) is 5.75 Å².